The number of nitrogens with one attached hydrogen (secondary N) is 1. The van der Waals surface area contributed by atoms with Crippen LogP contribution in [0.2, 0.25) is 0 Å². The summed E-state index contributed by atoms with van der Waals surface area (Å²) in [5.74, 6) is 1.95. The summed E-state index contributed by atoms with van der Waals surface area (Å²) in [5.41, 5.74) is 1.71. The molecular formula is C16H26N4O. The maximum atomic E-state index is 12.9. The predicted molar refractivity (Wildman–Crippen MR) is 82.3 cm³/mol. The van der Waals surface area contributed by atoms with Crippen molar-refractivity contribution in [2.24, 2.45) is 18.9 Å². The molecule has 0 aromatic carbocycles. The van der Waals surface area contributed by atoms with Gasteiger partial charge in [0.15, 0.2) is 0 Å². The standard InChI is InChI=1S/C16H26N4O/c1-11(2)15-14(10-19(3)18-15)16(21)20-6-4-12-8-17-9-13(12)5-7-20/h10-13,17H,4-9H2,1-3H3/t12-,13+. The second-order valence-electron chi connectivity index (χ2n) is 6.80. The van der Waals surface area contributed by atoms with E-state index in [1.54, 1.807) is 4.68 Å². The number of aromatic nitrogens is 2. The Kier molecular flexibility index (Phi) is 4.02. The van der Waals surface area contributed by atoms with Gasteiger partial charge in [0, 0.05) is 26.3 Å². The minimum absolute atomic E-state index is 0.166. The van der Waals surface area contributed by atoms with E-state index < -0.39 is 0 Å². The van der Waals surface area contributed by atoms with Gasteiger partial charge in [0.25, 0.3) is 5.91 Å². The Morgan fingerprint density at radius 3 is 2.48 bits per heavy atom. The van der Waals surface area contributed by atoms with Gasteiger partial charge in [-0.1, -0.05) is 13.8 Å². The van der Waals surface area contributed by atoms with Crippen LogP contribution < -0.4 is 5.32 Å². The lowest BCUT2D eigenvalue weighted by atomic mass is 9.92. The van der Waals surface area contributed by atoms with Gasteiger partial charge in [-0.2, -0.15) is 5.10 Å². The van der Waals surface area contributed by atoms with E-state index in [0.29, 0.717) is 0 Å². The highest BCUT2D eigenvalue weighted by atomic mass is 16.2. The van der Waals surface area contributed by atoms with Crippen LogP contribution in [0, 0.1) is 11.8 Å². The summed E-state index contributed by atoms with van der Waals surface area (Å²) < 4.78 is 1.76. The number of nitrogens with zero attached hydrogens (tertiary/aromatic N) is 3. The molecule has 0 unspecified atom stereocenters. The highest BCUT2D eigenvalue weighted by Gasteiger charge is 2.32. The molecule has 1 amide bonds. The lowest BCUT2D eigenvalue weighted by molar-refractivity contribution is 0.0757. The van der Waals surface area contributed by atoms with E-state index in [-0.39, 0.29) is 11.8 Å². The van der Waals surface area contributed by atoms with Crippen LogP contribution in [0.5, 0.6) is 0 Å². The number of carbonyl (C=O) groups is 1. The monoisotopic (exact) mass is 290 g/mol. The zero-order valence-electron chi connectivity index (χ0n) is 13.3. The lowest BCUT2D eigenvalue weighted by Crippen LogP contribution is -2.33. The molecule has 5 nitrogen and oxygen atoms in total. The van der Waals surface area contributed by atoms with E-state index >= 15 is 0 Å². The molecule has 3 rings (SSSR count). The first-order valence-electron chi connectivity index (χ1n) is 8.09. The topological polar surface area (TPSA) is 50.2 Å². The molecule has 2 aliphatic rings. The number of hydrogen-bond acceptors (Lipinski definition) is 3. The highest BCUT2D eigenvalue weighted by molar-refractivity contribution is 5.95. The third-order valence-corrected chi connectivity index (χ3v) is 4.94. The number of carbonyl (C=O) groups excluding carboxylic acids is 1. The fourth-order valence-corrected chi connectivity index (χ4v) is 3.69. The largest absolute Gasteiger partial charge is 0.339 e. The molecule has 2 saturated heterocycles. The molecule has 0 spiro atoms. The van der Waals surface area contributed by atoms with E-state index in [1.165, 1.54) is 0 Å². The molecule has 5 heteroatoms. The van der Waals surface area contributed by atoms with Crippen LogP contribution >= 0.6 is 0 Å². The number of amides is 1. The van der Waals surface area contributed by atoms with Gasteiger partial charge in [0.1, 0.15) is 0 Å². The minimum atomic E-state index is 0.166. The molecular weight excluding hydrogens is 264 g/mol. The fourth-order valence-electron chi connectivity index (χ4n) is 3.69. The highest BCUT2D eigenvalue weighted by Crippen LogP contribution is 2.28. The van der Waals surface area contributed by atoms with Crippen LogP contribution in [-0.4, -0.2) is 46.8 Å². The molecule has 0 radical (unpaired) electrons. The average Bonchev–Trinajstić information content (AvgIpc) is 3.00. The van der Waals surface area contributed by atoms with Gasteiger partial charge >= 0.3 is 0 Å². The van der Waals surface area contributed by atoms with Gasteiger partial charge in [0.05, 0.1) is 11.3 Å². The summed E-state index contributed by atoms with van der Waals surface area (Å²) in [4.78, 5) is 14.9. The van der Waals surface area contributed by atoms with Crippen LogP contribution in [-0.2, 0) is 7.05 Å². The summed E-state index contributed by atoms with van der Waals surface area (Å²) in [6.45, 7) is 8.20. The Morgan fingerprint density at radius 2 is 1.90 bits per heavy atom. The predicted octanol–water partition coefficient (Wildman–Crippen LogP) is 1.62. The Balaban J connectivity index is 1.76. The number of likely N-dealkylation sites (tertiary alicyclic amines) is 1. The zero-order chi connectivity index (χ0) is 15.0. The summed E-state index contributed by atoms with van der Waals surface area (Å²) in [7, 11) is 1.89. The van der Waals surface area contributed by atoms with Gasteiger partial charge in [-0.15, -0.1) is 0 Å². The number of aryl methyl sites for hydroxylation is 1. The summed E-state index contributed by atoms with van der Waals surface area (Å²) >= 11 is 0. The van der Waals surface area contributed by atoms with Crippen molar-refractivity contribution < 1.29 is 4.79 Å². The quantitative estimate of drug-likeness (QED) is 0.900. The van der Waals surface area contributed by atoms with Crippen LogP contribution in [0.3, 0.4) is 0 Å². The summed E-state index contributed by atoms with van der Waals surface area (Å²) in [6.07, 6.45) is 4.13. The SMILES string of the molecule is CC(C)c1nn(C)cc1C(=O)N1CC[C@@H]2CNC[C@@H]2CC1. The molecule has 116 valence electrons. The third kappa shape index (κ3) is 2.84. The van der Waals surface area contributed by atoms with E-state index in [0.717, 1.165) is 62.1 Å². The van der Waals surface area contributed by atoms with Crippen LogP contribution in [0.1, 0.15) is 48.7 Å². The number of hydrogen-bond donors (Lipinski definition) is 1. The van der Waals surface area contributed by atoms with Crippen molar-refractivity contribution in [1.29, 1.82) is 0 Å². The third-order valence-electron chi connectivity index (χ3n) is 4.94. The molecule has 2 aliphatic heterocycles. The van der Waals surface area contributed by atoms with Gasteiger partial charge in [-0.25, -0.2) is 0 Å². The second-order valence-corrected chi connectivity index (χ2v) is 6.80. The van der Waals surface area contributed by atoms with Crippen LogP contribution in [0.25, 0.3) is 0 Å². The van der Waals surface area contributed by atoms with Crippen molar-refractivity contribution in [1.82, 2.24) is 20.0 Å². The maximum Gasteiger partial charge on any atom is 0.257 e. The molecule has 2 atom stereocenters. The molecule has 0 saturated carbocycles. The average molecular weight is 290 g/mol. The Labute approximate surface area is 126 Å². The number of rotatable bonds is 2. The molecule has 2 fully saturated rings. The van der Waals surface area contributed by atoms with E-state index in [2.05, 4.69) is 24.3 Å². The molecule has 21 heavy (non-hydrogen) atoms. The zero-order valence-corrected chi connectivity index (χ0v) is 13.3. The first-order chi connectivity index (χ1) is 10.1. The van der Waals surface area contributed by atoms with Crippen molar-refractivity contribution in [3.8, 4) is 0 Å². The maximum absolute atomic E-state index is 12.9. The molecule has 1 aromatic rings. The van der Waals surface area contributed by atoms with Crippen LogP contribution in [0.15, 0.2) is 6.20 Å². The van der Waals surface area contributed by atoms with Gasteiger partial charge in [0.2, 0.25) is 0 Å². The van der Waals surface area contributed by atoms with Crippen molar-refractivity contribution in [2.75, 3.05) is 26.2 Å². The van der Waals surface area contributed by atoms with E-state index in [4.69, 9.17) is 0 Å². The van der Waals surface area contributed by atoms with Crippen LogP contribution in [0.4, 0.5) is 0 Å². The smallest absolute Gasteiger partial charge is 0.257 e. The molecule has 3 heterocycles. The summed E-state index contributed by atoms with van der Waals surface area (Å²) in [5, 5.41) is 7.94. The van der Waals surface area contributed by atoms with Gasteiger partial charge in [-0.3, -0.25) is 9.48 Å². The Bertz CT molecular complexity index is 508. The molecule has 1 aromatic heterocycles. The summed E-state index contributed by atoms with van der Waals surface area (Å²) in [6, 6.07) is 0. The minimum Gasteiger partial charge on any atom is -0.339 e. The molecule has 1 N–H and O–H groups in total. The van der Waals surface area contributed by atoms with Gasteiger partial charge in [-0.05, 0) is 43.7 Å². The molecule has 0 aliphatic carbocycles. The molecule has 0 bridgehead atoms. The van der Waals surface area contributed by atoms with Crippen molar-refractivity contribution in [3.63, 3.8) is 0 Å². The van der Waals surface area contributed by atoms with Crippen molar-refractivity contribution in [2.45, 2.75) is 32.6 Å². The van der Waals surface area contributed by atoms with E-state index in [1.807, 2.05) is 18.1 Å². The van der Waals surface area contributed by atoms with Crippen molar-refractivity contribution in [3.05, 3.63) is 17.5 Å². The van der Waals surface area contributed by atoms with E-state index in [9.17, 15) is 4.79 Å². The van der Waals surface area contributed by atoms with Gasteiger partial charge < -0.3 is 10.2 Å². The first kappa shape index (κ1) is 14.6. The first-order valence-corrected chi connectivity index (χ1v) is 8.09. The Morgan fingerprint density at radius 1 is 1.29 bits per heavy atom. The normalized spacial score (nSPS) is 26.0. The second kappa shape index (κ2) is 5.79. The lowest BCUT2D eigenvalue weighted by Gasteiger charge is -2.21. The fraction of sp³-hybridized carbons (Fsp3) is 0.750. The van der Waals surface area contributed by atoms with Crippen molar-refractivity contribution >= 4 is 5.91 Å². The number of fused-ring (bicyclic) bond motifs is 1. The Hall–Kier alpha value is -1.36.